The number of allylic oxidation sites excluding steroid dienone is 3. The van der Waals surface area contributed by atoms with Gasteiger partial charge in [0.25, 0.3) is 0 Å². The van der Waals surface area contributed by atoms with Crippen LogP contribution in [0.5, 0.6) is 0 Å². The first-order valence-corrected chi connectivity index (χ1v) is 3.48. The largest absolute Gasteiger partial charge is 0.478 e. The Morgan fingerprint density at radius 1 is 1.20 bits per heavy atom. The van der Waals surface area contributed by atoms with Crippen LogP contribution in [0.4, 0.5) is 0 Å². The maximum Gasteiger partial charge on any atom is 0.328 e. The van der Waals surface area contributed by atoms with Gasteiger partial charge in [-0.05, 0) is 6.08 Å². The number of hydrogen-bond acceptors (Lipinski definition) is 2. The predicted octanol–water partition coefficient (Wildman–Crippen LogP) is 1.14. The van der Waals surface area contributed by atoms with E-state index in [1.54, 1.807) is 22.6 Å². The van der Waals surface area contributed by atoms with E-state index in [1.807, 2.05) is 0 Å². The molecule has 0 aromatic carbocycles. The smallest absolute Gasteiger partial charge is 0.328 e. The van der Waals surface area contributed by atoms with Gasteiger partial charge >= 0.3 is 5.97 Å². The van der Waals surface area contributed by atoms with Gasteiger partial charge in [0.1, 0.15) is 0 Å². The van der Waals surface area contributed by atoms with E-state index in [0.29, 0.717) is 0 Å². The number of carboxylic acid groups (broad SMARTS) is 1. The summed E-state index contributed by atoms with van der Waals surface area (Å²) in [5.74, 6) is -1.02. The van der Waals surface area contributed by atoms with Crippen molar-refractivity contribution in [3.05, 3.63) is 24.3 Å². The third-order valence-corrected chi connectivity index (χ3v) is 0.937. The van der Waals surface area contributed by atoms with E-state index in [2.05, 4.69) is 0 Å². The van der Waals surface area contributed by atoms with Gasteiger partial charge in [-0.2, -0.15) is 0 Å². The fraction of sp³-hybridized carbons (Fsp3) is 0. The van der Waals surface area contributed by atoms with Crippen molar-refractivity contribution >= 4 is 32.4 Å². The van der Waals surface area contributed by atoms with Crippen LogP contribution < -0.4 is 0 Å². The summed E-state index contributed by atoms with van der Waals surface area (Å²) in [7, 11) is 0. The van der Waals surface area contributed by atoms with E-state index in [-0.39, 0.29) is 3.79 Å². The molecule has 0 amide bonds. The first kappa shape index (κ1) is 9.35. The molecule has 0 aliphatic heterocycles. The summed E-state index contributed by atoms with van der Waals surface area (Å²) in [5, 5.41) is 8.07. The molecule has 10 heavy (non-hydrogen) atoms. The molecular weight excluding hydrogens is 247 g/mol. The zero-order chi connectivity index (χ0) is 7.98. The highest BCUT2D eigenvalue weighted by molar-refractivity contribution is 14.1. The van der Waals surface area contributed by atoms with Crippen molar-refractivity contribution in [2.45, 2.75) is 0 Å². The molecule has 0 heterocycles. The number of halogens is 1. The monoisotopic (exact) mass is 252 g/mol. The van der Waals surface area contributed by atoms with E-state index < -0.39 is 5.97 Å². The lowest BCUT2D eigenvalue weighted by atomic mass is 10.4. The summed E-state index contributed by atoms with van der Waals surface area (Å²) in [6.45, 7) is 0. The third kappa shape index (κ3) is 7.35. The van der Waals surface area contributed by atoms with Crippen LogP contribution in [0, 0.1) is 0 Å². The Hall–Kier alpha value is -0.650. The molecular formula is C6H5IO3. The number of carbonyl (C=O) groups excluding carboxylic acids is 1. The first-order chi connectivity index (χ1) is 4.63. The molecule has 0 bridgehead atoms. The summed E-state index contributed by atoms with van der Waals surface area (Å²) in [4.78, 5) is 20.0. The van der Waals surface area contributed by atoms with Gasteiger partial charge in [-0.15, -0.1) is 0 Å². The molecule has 0 atom stereocenters. The molecule has 54 valence electrons. The average Bonchev–Trinajstić information content (AvgIpc) is 1.79. The number of carboxylic acids is 1. The highest BCUT2D eigenvalue weighted by Gasteiger charge is 1.82. The second-order valence-corrected chi connectivity index (χ2v) is 2.42. The molecule has 0 aliphatic rings. The van der Waals surface area contributed by atoms with E-state index in [1.165, 1.54) is 18.2 Å². The van der Waals surface area contributed by atoms with Crippen LogP contribution in [0.25, 0.3) is 0 Å². The van der Waals surface area contributed by atoms with Crippen LogP contribution >= 0.6 is 22.6 Å². The van der Waals surface area contributed by atoms with Crippen molar-refractivity contribution in [3.63, 3.8) is 0 Å². The van der Waals surface area contributed by atoms with Crippen molar-refractivity contribution in [2.24, 2.45) is 0 Å². The van der Waals surface area contributed by atoms with Gasteiger partial charge in [0.2, 0.25) is 3.79 Å². The molecule has 0 fully saturated rings. The van der Waals surface area contributed by atoms with Crippen molar-refractivity contribution in [1.29, 1.82) is 0 Å². The minimum absolute atomic E-state index is 0.132. The third-order valence-electron chi connectivity index (χ3n) is 0.577. The standard InChI is InChI=1S/C6H5IO3/c7-5(8)3-1-2-4-6(9)10/h1-4H,(H,9,10)/b3-1-,4-2+. The molecule has 0 saturated heterocycles. The second kappa shape index (κ2) is 5.16. The second-order valence-electron chi connectivity index (χ2n) is 1.36. The van der Waals surface area contributed by atoms with E-state index in [9.17, 15) is 9.59 Å². The van der Waals surface area contributed by atoms with Crippen LogP contribution in [0.15, 0.2) is 24.3 Å². The normalized spacial score (nSPS) is 10.9. The van der Waals surface area contributed by atoms with E-state index in [0.717, 1.165) is 6.08 Å². The van der Waals surface area contributed by atoms with Gasteiger partial charge in [0.15, 0.2) is 0 Å². The van der Waals surface area contributed by atoms with E-state index >= 15 is 0 Å². The Balaban J connectivity index is 3.73. The van der Waals surface area contributed by atoms with Crippen LogP contribution in [0.1, 0.15) is 0 Å². The van der Waals surface area contributed by atoms with Gasteiger partial charge in [-0.1, -0.05) is 12.2 Å². The minimum atomic E-state index is -1.02. The van der Waals surface area contributed by atoms with E-state index in [4.69, 9.17) is 5.11 Å². The average molecular weight is 252 g/mol. The quantitative estimate of drug-likeness (QED) is 0.354. The Morgan fingerprint density at radius 2 is 1.70 bits per heavy atom. The highest BCUT2D eigenvalue weighted by Crippen LogP contribution is 1.87. The van der Waals surface area contributed by atoms with Crippen molar-refractivity contribution in [3.8, 4) is 0 Å². The van der Waals surface area contributed by atoms with Crippen molar-refractivity contribution in [1.82, 2.24) is 0 Å². The predicted molar refractivity (Wildman–Crippen MR) is 44.9 cm³/mol. The number of rotatable bonds is 3. The number of hydrogen-bond donors (Lipinski definition) is 1. The lowest BCUT2D eigenvalue weighted by Gasteiger charge is -1.74. The van der Waals surface area contributed by atoms with Gasteiger partial charge in [-0.25, -0.2) is 4.79 Å². The first-order valence-electron chi connectivity index (χ1n) is 2.40. The fourth-order valence-electron chi connectivity index (χ4n) is 0.269. The van der Waals surface area contributed by atoms with Crippen LogP contribution in [-0.4, -0.2) is 14.9 Å². The molecule has 1 N–H and O–H groups in total. The zero-order valence-electron chi connectivity index (χ0n) is 4.95. The van der Waals surface area contributed by atoms with Crippen molar-refractivity contribution in [2.75, 3.05) is 0 Å². The van der Waals surface area contributed by atoms with Gasteiger partial charge < -0.3 is 5.11 Å². The molecule has 0 radical (unpaired) electrons. The summed E-state index contributed by atoms with van der Waals surface area (Å²) >= 11 is 1.59. The van der Waals surface area contributed by atoms with Gasteiger partial charge in [0, 0.05) is 28.7 Å². The molecule has 4 heteroatoms. The topological polar surface area (TPSA) is 54.4 Å². The zero-order valence-corrected chi connectivity index (χ0v) is 7.11. The van der Waals surface area contributed by atoms with Crippen LogP contribution in [0.2, 0.25) is 0 Å². The molecule has 0 saturated carbocycles. The fourth-order valence-corrected chi connectivity index (χ4v) is 0.477. The number of carbonyl (C=O) groups is 2. The van der Waals surface area contributed by atoms with Gasteiger partial charge in [0.05, 0.1) is 0 Å². The van der Waals surface area contributed by atoms with Crippen LogP contribution in [-0.2, 0) is 9.59 Å². The molecule has 0 aromatic rings. The summed E-state index contributed by atoms with van der Waals surface area (Å²) < 4.78 is -0.132. The van der Waals surface area contributed by atoms with Crippen molar-refractivity contribution < 1.29 is 14.7 Å². The summed E-state index contributed by atoms with van der Waals surface area (Å²) in [6, 6.07) is 0. The maximum atomic E-state index is 10.2. The molecule has 0 aromatic heterocycles. The molecule has 0 unspecified atom stereocenters. The molecule has 3 nitrogen and oxygen atoms in total. The summed E-state index contributed by atoms with van der Waals surface area (Å²) in [6.07, 6.45) is 4.90. The van der Waals surface area contributed by atoms with Gasteiger partial charge in [-0.3, -0.25) is 4.79 Å². The Labute approximate surface area is 71.6 Å². The molecule has 0 rings (SSSR count). The number of aliphatic carboxylic acids is 1. The Morgan fingerprint density at radius 3 is 2.10 bits per heavy atom. The van der Waals surface area contributed by atoms with Crippen LogP contribution in [0.3, 0.4) is 0 Å². The lowest BCUT2D eigenvalue weighted by Crippen LogP contribution is -1.84. The maximum absolute atomic E-state index is 10.2. The minimum Gasteiger partial charge on any atom is -0.478 e. The Bertz CT molecular complexity index is 171. The molecule has 0 aliphatic carbocycles. The molecule has 0 spiro atoms. The lowest BCUT2D eigenvalue weighted by molar-refractivity contribution is -0.131. The summed E-state index contributed by atoms with van der Waals surface area (Å²) in [5.41, 5.74) is 0. The Kier molecular flexibility index (Phi) is 4.82. The highest BCUT2D eigenvalue weighted by atomic mass is 127. The SMILES string of the molecule is O=C(I)/C=C\C=C\C(=O)O.